The van der Waals surface area contributed by atoms with Crippen molar-refractivity contribution in [3.8, 4) is 16.3 Å². The number of hydrogen-bond acceptors (Lipinski definition) is 4. The van der Waals surface area contributed by atoms with Gasteiger partial charge in [0, 0.05) is 14.7 Å². The molecule has 0 atom stereocenters. The molecule has 0 aliphatic carbocycles. The van der Waals surface area contributed by atoms with Crippen LogP contribution in [0.3, 0.4) is 0 Å². The zero-order chi connectivity index (χ0) is 18.8. The smallest absolute Gasteiger partial charge is 0.255 e. The maximum absolute atomic E-state index is 12.6. The van der Waals surface area contributed by atoms with Crippen LogP contribution >= 0.6 is 33.9 Å². The van der Waals surface area contributed by atoms with Crippen molar-refractivity contribution in [2.45, 2.75) is 0 Å². The first-order chi connectivity index (χ1) is 13.1. The fourth-order valence-electron chi connectivity index (χ4n) is 2.76. The van der Waals surface area contributed by atoms with E-state index in [4.69, 9.17) is 9.72 Å². The third kappa shape index (κ3) is 3.81. The molecule has 0 aliphatic rings. The van der Waals surface area contributed by atoms with Gasteiger partial charge in [0.05, 0.1) is 23.0 Å². The Morgan fingerprint density at radius 1 is 1.07 bits per heavy atom. The summed E-state index contributed by atoms with van der Waals surface area (Å²) in [5.41, 5.74) is 3.14. The van der Waals surface area contributed by atoms with Gasteiger partial charge in [-0.15, -0.1) is 11.3 Å². The molecule has 134 valence electrons. The first-order valence-electron chi connectivity index (χ1n) is 8.25. The molecule has 1 amide bonds. The van der Waals surface area contributed by atoms with Crippen LogP contribution in [0, 0.1) is 3.57 Å². The highest BCUT2D eigenvalue weighted by Gasteiger charge is 2.13. The van der Waals surface area contributed by atoms with Gasteiger partial charge in [-0.3, -0.25) is 4.79 Å². The molecule has 6 heteroatoms. The zero-order valence-corrected chi connectivity index (χ0v) is 17.4. The second-order valence-electron chi connectivity index (χ2n) is 5.87. The molecule has 4 rings (SSSR count). The van der Waals surface area contributed by atoms with E-state index in [1.165, 1.54) is 0 Å². The normalized spacial score (nSPS) is 10.7. The van der Waals surface area contributed by atoms with Crippen molar-refractivity contribution in [2.75, 3.05) is 12.4 Å². The number of benzene rings is 3. The Balaban J connectivity index is 1.69. The van der Waals surface area contributed by atoms with Gasteiger partial charge in [0.1, 0.15) is 10.8 Å². The molecule has 0 spiro atoms. The van der Waals surface area contributed by atoms with Crippen LogP contribution in [0.5, 0.6) is 5.75 Å². The Hall–Kier alpha value is -2.45. The predicted molar refractivity (Wildman–Crippen MR) is 119 cm³/mol. The van der Waals surface area contributed by atoms with Crippen molar-refractivity contribution < 1.29 is 9.53 Å². The molecule has 4 aromatic rings. The Labute approximate surface area is 174 Å². The topological polar surface area (TPSA) is 51.2 Å². The van der Waals surface area contributed by atoms with Crippen LogP contribution in [0.15, 0.2) is 66.7 Å². The molecule has 1 aromatic heterocycles. The average molecular weight is 486 g/mol. The first kappa shape index (κ1) is 17.9. The standard InChI is InChI=1S/C21H15IN2O2S/c1-26-18-10-9-14(21-24-16-7-2-3-8-19(16)27-21)12-17(18)23-20(25)13-5-4-6-15(22)11-13/h2-12H,1H3,(H,23,25). The Kier molecular flexibility index (Phi) is 5.09. The molecular formula is C21H15IN2O2S. The number of nitrogens with zero attached hydrogens (tertiary/aromatic N) is 1. The third-order valence-corrected chi connectivity index (χ3v) is 5.83. The number of halogens is 1. The SMILES string of the molecule is COc1ccc(-c2nc3ccccc3s2)cc1NC(=O)c1cccc(I)c1. The number of thiazole rings is 1. The average Bonchev–Trinajstić information content (AvgIpc) is 3.12. The van der Waals surface area contributed by atoms with E-state index in [1.807, 2.05) is 54.6 Å². The quantitative estimate of drug-likeness (QED) is 0.370. The maximum Gasteiger partial charge on any atom is 0.255 e. The molecule has 0 aliphatic heterocycles. The van der Waals surface area contributed by atoms with Gasteiger partial charge in [-0.2, -0.15) is 0 Å². The van der Waals surface area contributed by atoms with Gasteiger partial charge >= 0.3 is 0 Å². The van der Waals surface area contributed by atoms with Gasteiger partial charge in [0.15, 0.2) is 0 Å². The largest absolute Gasteiger partial charge is 0.495 e. The van der Waals surface area contributed by atoms with E-state index in [9.17, 15) is 4.79 Å². The van der Waals surface area contributed by atoms with Crippen molar-refractivity contribution in [1.29, 1.82) is 0 Å². The highest BCUT2D eigenvalue weighted by atomic mass is 127. The summed E-state index contributed by atoms with van der Waals surface area (Å²) in [6.07, 6.45) is 0. The summed E-state index contributed by atoms with van der Waals surface area (Å²) in [5, 5.41) is 3.86. The van der Waals surface area contributed by atoms with E-state index in [0.717, 1.165) is 24.4 Å². The van der Waals surface area contributed by atoms with Crippen molar-refractivity contribution in [2.24, 2.45) is 0 Å². The minimum atomic E-state index is -0.173. The molecule has 0 bridgehead atoms. The monoisotopic (exact) mass is 486 g/mol. The number of methoxy groups -OCH3 is 1. The van der Waals surface area contributed by atoms with E-state index >= 15 is 0 Å². The number of carbonyl (C=O) groups excluding carboxylic acids is 1. The summed E-state index contributed by atoms with van der Waals surface area (Å²) in [7, 11) is 1.59. The summed E-state index contributed by atoms with van der Waals surface area (Å²) >= 11 is 3.82. The van der Waals surface area contributed by atoms with Gasteiger partial charge in [0.25, 0.3) is 5.91 Å². The number of amides is 1. The molecule has 0 saturated heterocycles. The van der Waals surface area contributed by atoms with Gasteiger partial charge < -0.3 is 10.1 Å². The number of hydrogen-bond donors (Lipinski definition) is 1. The lowest BCUT2D eigenvalue weighted by Gasteiger charge is -2.11. The van der Waals surface area contributed by atoms with Gasteiger partial charge in [-0.25, -0.2) is 4.98 Å². The fourth-order valence-corrected chi connectivity index (χ4v) is 4.26. The minimum Gasteiger partial charge on any atom is -0.495 e. The molecular weight excluding hydrogens is 471 g/mol. The lowest BCUT2D eigenvalue weighted by molar-refractivity contribution is 0.102. The van der Waals surface area contributed by atoms with Crippen molar-refractivity contribution in [3.63, 3.8) is 0 Å². The fraction of sp³-hybridized carbons (Fsp3) is 0.0476. The maximum atomic E-state index is 12.6. The molecule has 1 N–H and O–H groups in total. The number of anilines is 1. The van der Waals surface area contributed by atoms with Crippen LogP contribution in [-0.2, 0) is 0 Å². The molecule has 27 heavy (non-hydrogen) atoms. The number of para-hydroxylation sites is 1. The van der Waals surface area contributed by atoms with E-state index in [0.29, 0.717) is 17.0 Å². The second-order valence-corrected chi connectivity index (χ2v) is 8.14. The van der Waals surface area contributed by atoms with Crippen LogP contribution in [0.4, 0.5) is 5.69 Å². The van der Waals surface area contributed by atoms with Crippen LogP contribution in [0.2, 0.25) is 0 Å². The molecule has 1 heterocycles. The number of fused-ring (bicyclic) bond motifs is 1. The van der Waals surface area contributed by atoms with Crippen LogP contribution < -0.4 is 10.1 Å². The molecule has 0 radical (unpaired) electrons. The lowest BCUT2D eigenvalue weighted by Crippen LogP contribution is -2.12. The molecule has 4 nitrogen and oxygen atoms in total. The summed E-state index contributed by atoms with van der Waals surface area (Å²) in [5.74, 6) is 0.437. The van der Waals surface area contributed by atoms with E-state index in [-0.39, 0.29) is 5.91 Å². The van der Waals surface area contributed by atoms with Crippen molar-refractivity contribution >= 4 is 55.7 Å². The number of nitrogens with one attached hydrogen (secondary N) is 1. The van der Waals surface area contributed by atoms with Crippen LogP contribution in [0.25, 0.3) is 20.8 Å². The number of rotatable bonds is 4. The van der Waals surface area contributed by atoms with Crippen LogP contribution in [0.1, 0.15) is 10.4 Å². The number of aromatic nitrogens is 1. The van der Waals surface area contributed by atoms with Gasteiger partial charge in [-0.1, -0.05) is 18.2 Å². The first-order valence-corrected chi connectivity index (χ1v) is 10.1. The van der Waals surface area contributed by atoms with Crippen molar-refractivity contribution in [3.05, 3.63) is 75.9 Å². The number of carbonyl (C=O) groups is 1. The minimum absolute atomic E-state index is 0.173. The number of ether oxygens (including phenoxy) is 1. The van der Waals surface area contributed by atoms with Gasteiger partial charge in [-0.05, 0) is 71.1 Å². The highest BCUT2D eigenvalue weighted by molar-refractivity contribution is 14.1. The highest BCUT2D eigenvalue weighted by Crippen LogP contribution is 2.35. The molecule has 0 unspecified atom stereocenters. The molecule has 0 saturated carbocycles. The second kappa shape index (κ2) is 7.66. The summed E-state index contributed by atoms with van der Waals surface area (Å²) < 4.78 is 7.56. The summed E-state index contributed by atoms with van der Waals surface area (Å²) in [4.78, 5) is 17.3. The van der Waals surface area contributed by atoms with Gasteiger partial charge in [0.2, 0.25) is 0 Å². The predicted octanol–water partition coefficient (Wildman–Crippen LogP) is 5.83. The van der Waals surface area contributed by atoms with E-state index < -0.39 is 0 Å². The van der Waals surface area contributed by atoms with Crippen molar-refractivity contribution in [1.82, 2.24) is 4.98 Å². The van der Waals surface area contributed by atoms with E-state index in [1.54, 1.807) is 24.5 Å². The van der Waals surface area contributed by atoms with Crippen LogP contribution in [-0.4, -0.2) is 18.0 Å². The molecule has 0 fully saturated rings. The summed E-state index contributed by atoms with van der Waals surface area (Å²) in [6, 6.07) is 21.2. The Morgan fingerprint density at radius 3 is 2.70 bits per heavy atom. The zero-order valence-electron chi connectivity index (χ0n) is 14.4. The Morgan fingerprint density at radius 2 is 1.93 bits per heavy atom. The third-order valence-electron chi connectivity index (χ3n) is 4.08. The Bertz CT molecular complexity index is 1110. The summed E-state index contributed by atoms with van der Waals surface area (Å²) in [6.45, 7) is 0. The molecule has 3 aromatic carbocycles. The lowest BCUT2D eigenvalue weighted by atomic mass is 10.1. The van der Waals surface area contributed by atoms with E-state index in [2.05, 4.69) is 34.0 Å².